The highest BCUT2D eigenvalue weighted by atomic mass is 32.2. The molecule has 1 aromatic heterocycles. The van der Waals surface area contributed by atoms with Crippen molar-refractivity contribution in [3.05, 3.63) is 42.1 Å². The minimum Gasteiger partial charge on any atom is -0.312 e. The van der Waals surface area contributed by atoms with Gasteiger partial charge in [0.1, 0.15) is 0 Å². The summed E-state index contributed by atoms with van der Waals surface area (Å²) in [5, 5.41) is 4.82. The van der Waals surface area contributed by atoms with Gasteiger partial charge in [-0.05, 0) is 50.3 Å². The van der Waals surface area contributed by atoms with Crippen molar-refractivity contribution in [3.8, 4) is 0 Å². The summed E-state index contributed by atoms with van der Waals surface area (Å²) in [6, 6.07) is 11.1. The lowest BCUT2D eigenvalue weighted by molar-refractivity contribution is 0.443. The molecule has 0 spiro atoms. The number of benzene rings is 1. The minimum atomic E-state index is 0.291. The van der Waals surface area contributed by atoms with Crippen LogP contribution in [0.5, 0.6) is 0 Å². The number of nitrogens with zero attached hydrogens (tertiary/aromatic N) is 1. The monoisotopic (exact) mass is 272 g/mol. The van der Waals surface area contributed by atoms with Crippen molar-refractivity contribution >= 4 is 22.7 Å². The molecule has 2 heterocycles. The summed E-state index contributed by atoms with van der Waals surface area (Å²) in [6.07, 6.45) is 4.47. The fourth-order valence-electron chi connectivity index (χ4n) is 3.20. The number of fused-ring (bicyclic) bond motifs is 1. The molecule has 1 aliphatic rings. The van der Waals surface area contributed by atoms with Crippen molar-refractivity contribution < 1.29 is 0 Å². The van der Waals surface area contributed by atoms with Crippen LogP contribution in [0, 0.1) is 0 Å². The second-order valence-electron chi connectivity index (χ2n) is 5.40. The Morgan fingerprint density at radius 2 is 2.21 bits per heavy atom. The molecule has 1 aliphatic heterocycles. The Kier molecular flexibility index (Phi) is 3.50. The van der Waals surface area contributed by atoms with Crippen LogP contribution in [0.25, 0.3) is 10.9 Å². The lowest BCUT2D eigenvalue weighted by atomic mass is 9.88. The lowest BCUT2D eigenvalue weighted by Gasteiger charge is -2.34. The molecule has 2 atom stereocenters. The highest BCUT2D eigenvalue weighted by Crippen LogP contribution is 2.47. The molecule has 19 heavy (non-hydrogen) atoms. The molecule has 3 rings (SSSR count). The van der Waals surface area contributed by atoms with E-state index in [0.29, 0.717) is 10.8 Å². The first-order valence-electron chi connectivity index (χ1n) is 6.89. The van der Waals surface area contributed by atoms with Gasteiger partial charge < -0.3 is 5.32 Å². The normalized spacial score (nSPS) is 24.7. The molecule has 1 aromatic carbocycles. The summed E-state index contributed by atoms with van der Waals surface area (Å²) < 4.78 is 0.291. The maximum atomic E-state index is 4.47. The van der Waals surface area contributed by atoms with Crippen molar-refractivity contribution in [1.82, 2.24) is 10.3 Å². The molecule has 0 saturated carbocycles. The van der Waals surface area contributed by atoms with Gasteiger partial charge in [0.15, 0.2) is 0 Å². The van der Waals surface area contributed by atoms with Gasteiger partial charge in [-0.1, -0.05) is 18.2 Å². The highest BCUT2D eigenvalue weighted by Gasteiger charge is 2.38. The average molecular weight is 272 g/mol. The zero-order chi connectivity index (χ0) is 13.3. The molecular weight excluding hydrogens is 252 g/mol. The van der Waals surface area contributed by atoms with E-state index in [2.05, 4.69) is 60.3 Å². The number of pyridine rings is 1. The van der Waals surface area contributed by atoms with E-state index < -0.39 is 0 Å². The van der Waals surface area contributed by atoms with Crippen molar-refractivity contribution in [2.75, 3.05) is 12.8 Å². The maximum absolute atomic E-state index is 4.47. The van der Waals surface area contributed by atoms with E-state index in [1.54, 1.807) is 0 Å². The zero-order valence-electron chi connectivity index (χ0n) is 11.5. The third-order valence-electron chi connectivity index (χ3n) is 4.14. The van der Waals surface area contributed by atoms with Crippen LogP contribution in [0.15, 0.2) is 36.5 Å². The second kappa shape index (κ2) is 5.14. The van der Waals surface area contributed by atoms with E-state index in [4.69, 9.17) is 0 Å². The topological polar surface area (TPSA) is 24.9 Å². The number of nitrogens with one attached hydrogen (secondary N) is 1. The number of rotatable bonds is 3. The predicted octanol–water partition coefficient (Wildman–Crippen LogP) is 3.78. The summed E-state index contributed by atoms with van der Waals surface area (Å²) in [6.45, 7) is 2.39. The van der Waals surface area contributed by atoms with Gasteiger partial charge in [0.2, 0.25) is 0 Å². The molecule has 0 radical (unpaired) electrons. The molecule has 1 saturated heterocycles. The standard InChI is InChI=1S/C16H20N2S/c1-16(9-5-11-19-16)15(17-2)13-6-3-8-14-12(13)7-4-10-18-14/h3-4,6-8,10,15,17H,5,9,11H2,1-2H3. The average Bonchev–Trinajstić information content (AvgIpc) is 2.87. The second-order valence-corrected chi connectivity index (χ2v) is 7.03. The lowest BCUT2D eigenvalue weighted by Crippen LogP contribution is -2.35. The Labute approximate surface area is 119 Å². The molecule has 0 amide bonds. The number of aromatic nitrogens is 1. The van der Waals surface area contributed by atoms with E-state index in [9.17, 15) is 0 Å². The Balaban J connectivity index is 2.11. The predicted molar refractivity (Wildman–Crippen MR) is 83.6 cm³/mol. The SMILES string of the molecule is CNC(c1cccc2ncccc12)C1(C)CCCS1. The van der Waals surface area contributed by atoms with Crippen LogP contribution in [-0.2, 0) is 0 Å². The van der Waals surface area contributed by atoms with Crippen molar-refractivity contribution in [1.29, 1.82) is 0 Å². The maximum Gasteiger partial charge on any atom is 0.0705 e. The van der Waals surface area contributed by atoms with E-state index in [0.717, 1.165) is 5.52 Å². The number of hydrogen-bond acceptors (Lipinski definition) is 3. The Morgan fingerprint density at radius 1 is 1.32 bits per heavy atom. The number of thioether (sulfide) groups is 1. The van der Waals surface area contributed by atoms with Gasteiger partial charge in [-0.25, -0.2) is 0 Å². The summed E-state index contributed by atoms with van der Waals surface area (Å²) in [5.74, 6) is 1.28. The van der Waals surface area contributed by atoms with Crippen LogP contribution in [0.1, 0.15) is 31.4 Å². The van der Waals surface area contributed by atoms with Gasteiger partial charge in [-0.3, -0.25) is 4.98 Å². The summed E-state index contributed by atoms with van der Waals surface area (Å²) in [4.78, 5) is 4.47. The molecule has 0 aliphatic carbocycles. The Morgan fingerprint density at radius 3 is 2.95 bits per heavy atom. The van der Waals surface area contributed by atoms with Crippen molar-refractivity contribution in [3.63, 3.8) is 0 Å². The van der Waals surface area contributed by atoms with Gasteiger partial charge in [0.25, 0.3) is 0 Å². The molecule has 2 aromatic rings. The van der Waals surface area contributed by atoms with E-state index >= 15 is 0 Å². The van der Waals surface area contributed by atoms with Crippen LogP contribution in [-0.4, -0.2) is 22.5 Å². The summed E-state index contributed by atoms with van der Waals surface area (Å²) >= 11 is 2.10. The molecule has 2 unspecified atom stereocenters. The molecule has 3 heteroatoms. The minimum absolute atomic E-state index is 0.291. The Hall–Kier alpha value is -1.06. The Bertz CT molecular complexity index is 570. The molecule has 100 valence electrons. The smallest absolute Gasteiger partial charge is 0.0705 e. The van der Waals surface area contributed by atoms with Crippen LogP contribution < -0.4 is 5.32 Å². The van der Waals surface area contributed by atoms with Crippen LogP contribution in [0.3, 0.4) is 0 Å². The van der Waals surface area contributed by atoms with Crippen LogP contribution in [0.4, 0.5) is 0 Å². The zero-order valence-corrected chi connectivity index (χ0v) is 12.3. The van der Waals surface area contributed by atoms with Crippen molar-refractivity contribution in [2.24, 2.45) is 0 Å². The molecule has 2 nitrogen and oxygen atoms in total. The summed E-state index contributed by atoms with van der Waals surface area (Å²) in [5.41, 5.74) is 2.47. The van der Waals surface area contributed by atoms with Gasteiger partial charge >= 0.3 is 0 Å². The largest absolute Gasteiger partial charge is 0.312 e. The van der Waals surface area contributed by atoms with Crippen molar-refractivity contribution in [2.45, 2.75) is 30.6 Å². The van der Waals surface area contributed by atoms with Gasteiger partial charge in [-0.2, -0.15) is 11.8 Å². The molecule has 1 N–H and O–H groups in total. The fraction of sp³-hybridized carbons (Fsp3) is 0.438. The van der Waals surface area contributed by atoms with Crippen LogP contribution in [0.2, 0.25) is 0 Å². The van der Waals surface area contributed by atoms with Gasteiger partial charge in [0, 0.05) is 22.4 Å². The molecule has 1 fully saturated rings. The third kappa shape index (κ3) is 2.26. The van der Waals surface area contributed by atoms with Crippen LogP contribution >= 0.6 is 11.8 Å². The van der Waals surface area contributed by atoms with Gasteiger partial charge in [0.05, 0.1) is 5.52 Å². The first kappa shape index (κ1) is 12.9. The molecule has 0 bridgehead atoms. The van der Waals surface area contributed by atoms with E-state index in [-0.39, 0.29) is 0 Å². The quantitative estimate of drug-likeness (QED) is 0.920. The van der Waals surface area contributed by atoms with E-state index in [1.807, 2.05) is 12.3 Å². The number of hydrogen-bond donors (Lipinski definition) is 1. The van der Waals surface area contributed by atoms with Gasteiger partial charge in [-0.15, -0.1) is 0 Å². The van der Waals surface area contributed by atoms with E-state index in [1.165, 1.54) is 29.5 Å². The molecular formula is C16H20N2S. The fourth-order valence-corrected chi connectivity index (χ4v) is 4.65. The summed E-state index contributed by atoms with van der Waals surface area (Å²) in [7, 11) is 2.07. The first-order valence-corrected chi connectivity index (χ1v) is 7.88. The highest BCUT2D eigenvalue weighted by molar-refractivity contribution is 8.00. The first-order chi connectivity index (χ1) is 9.24. The third-order valence-corrected chi connectivity index (χ3v) is 5.73.